The van der Waals surface area contributed by atoms with Crippen molar-refractivity contribution in [3.05, 3.63) is 70.7 Å². The summed E-state index contributed by atoms with van der Waals surface area (Å²) in [6.45, 7) is -0.0215. The average Bonchev–Trinajstić information content (AvgIpc) is 2.60. The number of hydrogen-bond acceptors (Lipinski definition) is 3. The highest BCUT2D eigenvalue weighted by atomic mass is 35.5. The largest absolute Gasteiger partial charge is 0.351 e. The van der Waals surface area contributed by atoms with Crippen LogP contribution in [0.2, 0.25) is 5.02 Å². The van der Waals surface area contributed by atoms with E-state index in [1.807, 2.05) is 36.4 Å². The number of aryl methyl sites for hydroxylation is 1. The fraction of sp³-hybridized carbons (Fsp3) is 0.278. The van der Waals surface area contributed by atoms with E-state index in [0.29, 0.717) is 17.9 Å². The fourth-order valence-corrected chi connectivity index (χ4v) is 3.48. The zero-order valence-electron chi connectivity index (χ0n) is 13.7. The molecule has 2 N–H and O–H groups in total. The predicted octanol–water partition coefficient (Wildman–Crippen LogP) is 2.51. The minimum Gasteiger partial charge on any atom is -0.351 e. The molecule has 25 heavy (non-hydrogen) atoms. The lowest BCUT2D eigenvalue weighted by atomic mass is 10.1. The Kier molecular flexibility index (Phi) is 7.43. The number of halogens is 1. The minimum atomic E-state index is -3.47. The summed E-state index contributed by atoms with van der Waals surface area (Å²) in [5, 5.41) is 3.20. The van der Waals surface area contributed by atoms with E-state index in [0.717, 1.165) is 11.1 Å². The number of nitrogens with one attached hydrogen (secondary N) is 2. The number of benzene rings is 2. The van der Waals surface area contributed by atoms with Gasteiger partial charge in [0.2, 0.25) is 15.9 Å². The van der Waals surface area contributed by atoms with Crippen LogP contribution < -0.4 is 10.0 Å². The molecule has 0 aliphatic rings. The molecule has 0 aliphatic heterocycles. The third-order valence-corrected chi connectivity index (χ3v) is 5.39. The molecular formula is C18H21ClN2O3S. The van der Waals surface area contributed by atoms with Crippen LogP contribution in [0.4, 0.5) is 0 Å². The highest BCUT2D eigenvalue weighted by molar-refractivity contribution is 7.89. The Balaban J connectivity index is 1.70. The monoisotopic (exact) mass is 380 g/mol. The van der Waals surface area contributed by atoms with Gasteiger partial charge in [-0.3, -0.25) is 4.79 Å². The highest BCUT2D eigenvalue weighted by Crippen LogP contribution is 2.14. The summed E-state index contributed by atoms with van der Waals surface area (Å²) in [4.78, 5) is 11.8. The van der Waals surface area contributed by atoms with Crippen molar-refractivity contribution in [2.75, 3.05) is 12.3 Å². The van der Waals surface area contributed by atoms with Crippen molar-refractivity contribution in [1.29, 1.82) is 0 Å². The van der Waals surface area contributed by atoms with Crippen LogP contribution in [0.1, 0.15) is 17.5 Å². The molecule has 2 aromatic rings. The zero-order chi connectivity index (χ0) is 18.1. The van der Waals surface area contributed by atoms with Gasteiger partial charge in [-0.2, -0.15) is 0 Å². The number of carbonyl (C=O) groups is 1. The molecule has 0 saturated heterocycles. The first kappa shape index (κ1) is 19.4. The molecule has 0 aliphatic carbocycles. The van der Waals surface area contributed by atoms with Gasteiger partial charge < -0.3 is 5.32 Å². The molecule has 0 radical (unpaired) electrons. The van der Waals surface area contributed by atoms with Gasteiger partial charge in [0, 0.05) is 11.6 Å². The summed E-state index contributed by atoms with van der Waals surface area (Å²) >= 11 is 6.00. The summed E-state index contributed by atoms with van der Waals surface area (Å²) in [6.07, 6.45) is 1.18. The summed E-state index contributed by atoms with van der Waals surface area (Å²) in [5.74, 6) is -0.411. The first-order chi connectivity index (χ1) is 12.0. The predicted molar refractivity (Wildman–Crippen MR) is 99.9 cm³/mol. The molecule has 2 aromatic carbocycles. The van der Waals surface area contributed by atoms with Crippen molar-refractivity contribution < 1.29 is 13.2 Å². The van der Waals surface area contributed by atoms with Crippen LogP contribution in [0.5, 0.6) is 0 Å². The Morgan fingerprint density at radius 2 is 1.68 bits per heavy atom. The van der Waals surface area contributed by atoms with E-state index in [9.17, 15) is 13.2 Å². The lowest BCUT2D eigenvalue weighted by molar-refractivity contribution is -0.120. The van der Waals surface area contributed by atoms with Gasteiger partial charge >= 0.3 is 0 Å². The molecule has 5 nitrogen and oxygen atoms in total. The van der Waals surface area contributed by atoms with Crippen LogP contribution >= 0.6 is 11.6 Å². The maximum atomic E-state index is 11.9. The lowest BCUT2D eigenvalue weighted by Crippen LogP contribution is -2.37. The quantitative estimate of drug-likeness (QED) is 0.701. The third-order valence-electron chi connectivity index (χ3n) is 3.61. The second kappa shape index (κ2) is 9.56. The average molecular weight is 381 g/mol. The molecule has 134 valence electrons. The van der Waals surface area contributed by atoms with Crippen LogP contribution in [0.15, 0.2) is 54.6 Å². The Labute approximate surface area is 153 Å². The number of carbonyl (C=O) groups excluding carboxylic acids is 1. The zero-order valence-corrected chi connectivity index (χ0v) is 15.3. The van der Waals surface area contributed by atoms with Crippen molar-refractivity contribution in [3.63, 3.8) is 0 Å². The van der Waals surface area contributed by atoms with Gasteiger partial charge in [0.15, 0.2) is 0 Å². The van der Waals surface area contributed by atoms with Crippen LogP contribution in [-0.4, -0.2) is 26.6 Å². The summed E-state index contributed by atoms with van der Waals surface area (Å²) < 4.78 is 26.2. The topological polar surface area (TPSA) is 75.3 Å². The van der Waals surface area contributed by atoms with E-state index in [2.05, 4.69) is 10.0 Å². The summed E-state index contributed by atoms with van der Waals surface area (Å²) in [7, 11) is -3.47. The fourth-order valence-electron chi connectivity index (χ4n) is 2.26. The van der Waals surface area contributed by atoms with Crippen molar-refractivity contribution in [2.45, 2.75) is 19.4 Å². The Morgan fingerprint density at radius 3 is 2.40 bits per heavy atom. The Morgan fingerprint density at radius 1 is 1.00 bits per heavy atom. The molecule has 0 atom stereocenters. The lowest BCUT2D eigenvalue weighted by Gasteiger charge is -2.09. The maximum Gasteiger partial charge on any atom is 0.235 e. The molecular weight excluding hydrogens is 360 g/mol. The van der Waals surface area contributed by atoms with Gasteiger partial charge in [0.25, 0.3) is 0 Å². The Bertz CT molecular complexity index is 795. The molecule has 7 heteroatoms. The van der Waals surface area contributed by atoms with Gasteiger partial charge in [0.1, 0.15) is 0 Å². The molecule has 0 spiro atoms. The standard InChI is InChI=1S/C18H21ClN2O3S/c19-17-11-5-4-10-16(17)13-20-18(22)14-21-25(23,24)12-6-9-15-7-2-1-3-8-15/h1-5,7-8,10-11,21H,6,9,12-14H2,(H,20,22). The number of rotatable bonds is 9. The van der Waals surface area contributed by atoms with E-state index in [4.69, 9.17) is 11.6 Å². The van der Waals surface area contributed by atoms with Crippen molar-refractivity contribution in [2.24, 2.45) is 0 Å². The van der Waals surface area contributed by atoms with Gasteiger partial charge in [0.05, 0.1) is 12.3 Å². The molecule has 0 saturated carbocycles. The number of amides is 1. The van der Waals surface area contributed by atoms with Crippen LogP contribution in [0.3, 0.4) is 0 Å². The number of hydrogen-bond donors (Lipinski definition) is 2. The highest BCUT2D eigenvalue weighted by Gasteiger charge is 2.12. The molecule has 2 rings (SSSR count). The van der Waals surface area contributed by atoms with Crippen molar-refractivity contribution in [1.82, 2.24) is 10.0 Å². The molecule has 0 heterocycles. The van der Waals surface area contributed by atoms with E-state index in [1.165, 1.54) is 0 Å². The van der Waals surface area contributed by atoms with Crippen molar-refractivity contribution in [3.8, 4) is 0 Å². The second-order valence-corrected chi connectivity index (χ2v) is 7.93. The molecule has 1 amide bonds. The van der Waals surface area contributed by atoms with Gasteiger partial charge in [-0.25, -0.2) is 13.1 Å². The second-order valence-electron chi connectivity index (χ2n) is 5.60. The molecule has 0 bridgehead atoms. The van der Waals surface area contributed by atoms with Gasteiger partial charge in [-0.05, 0) is 30.0 Å². The smallest absolute Gasteiger partial charge is 0.235 e. The number of sulfonamides is 1. The normalized spacial score (nSPS) is 11.2. The van der Waals surface area contributed by atoms with E-state index in [-0.39, 0.29) is 18.8 Å². The molecule has 0 unspecified atom stereocenters. The molecule has 0 aromatic heterocycles. The van der Waals surface area contributed by atoms with E-state index < -0.39 is 15.9 Å². The van der Waals surface area contributed by atoms with Crippen molar-refractivity contribution >= 4 is 27.5 Å². The van der Waals surface area contributed by atoms with Crippen LogP contribution in [0, 0.1) is 0 Å². The first-order valence-corrected chi connectivity index (χ1v) is 10.0. The Hall–Kier alpha value is -1.89. The summed E-state index contributed by atoms with van der Waals surface area (Å²) in [5.41, 5.74) is 1.87. The first-order valence-electron chi connectivity index (χ1n) is 7.98. The van der Waals surface area contributed by atoms with Gasteiger partial charge in [-0.1, -0.05) is 60.1 Å². The van der Waals surface area contributed by atoms with E-state index in [1.54, 1.807) is 18.2 Å². The van der Waals surface area contributed by atoms with E-state index >= 15 is 0 Å². The van der Waals surface area contributed by atoms with Crippen LogP contribution in [-0.2, 0) is 27.8 Å². The third kappa shape index (κ3) is 7.25. The van der Waals surface area contributed by atoms with Gasteiger partial charge in [-0.15, -0.1) is 0 Å². The minimum absolute atomic E-state index is 0.0142. The molecule has 0 fully saturated rings. The van der Waals surface area contributed by atoms with Crippen LogP contribution in [0.25, 0.3) is 0 Å². The summed E-state index contributed by atoms with van der Waals surface area (Å²) in [6, 6.07) is 16.8. The SMILES string of the molecule is O=C(CNS(=O)(=O)CCCc1ccccc1)NCc1ccccc1Cl. The maximum absolute atomic E-state index is 11.9.